The van der Waals surface area contributed by atoms with E-state index >= 15 is 0 Å². The Morgan fingerprint density at radius 1 is 0.724 bits per heavy atom. The number of furan rings is 1. The Labute approximate surface area is 169 Å². The van der Waals surface area contributed by atoms with Crippen molar-refractivity contribution < 1.29 is 4.42 Å². The molecule has 0 radical (unpaired) electrons. The van der Waals surface area contributed by atoms with E-state index in [-0.39, 0.29) is 5.41 Å². The van der Waals surface area contributed by atoms with E-state index in [1.165, 1.54) is 33.2 Å². The van der Waals surface area contributed by atoms with E-state index in [4.69, 9.17) is 4.42 Å². The van der Waals surface area contributed by atoms with E-state index in [0.29, 0.717) is 0 Å². The third-order valence-corrected chi connectivity index (χ3v) is 6.48. The van der Waals surface area contributed by atoms with Crippen LogP contribution in [-0.2, 0) is 5.41 Å². The first-order valence-electron chi connectivity index (χ1n) is 10.1. The van der Waals surface area contributed by atoms with Gasteiger partial charge in [0.15, 0.2) is 0 Å². The van der Waals surface area contributed by atoms with Crippen molar-refractivity contribution in [3.8, 4) is 22.4 Å². The fraction of sp³-hybridized carbons (Fsp3) is 0.148. The molecule has 2 aromatic heterocycles. The van der Waals surface area contributed by atoms with Crippen LogP contribution in [0.25, 0.3) is 44.3 Å². The topological polar surface area (TPSA) is 26.0 Å². The van der Waals surface area contributed by atoms with Gasteiger partial charge in [0.05, 0.1) is 5.69 Å². The van der Waals surface area contributed by atoms with E-state index in [2.05, 4.69) is 80.4 Å². The van der Waals surface area contributed by atoms with Gasteiger partial charge in [-0.05, 0) is 41.3 Å². The van der Waals surface area contributed by atoms with Crippen LogP contribution in [0, 0.1) is 6.92 Å². The zero-order valence-electron chi connectivity index (χ0n) is 16.8. The van der Waals surface area contributed by atoms with Gasteiger partial charge in [0.2, 0.25) is 0 Å². The Morgan fingerprint density at radius 2 is 1.45 bits per heavy atom. The summed E-state index contributed by atoms with van der Waals surface area (Å²) in [5.74, 6) is 0. The van der Waals surface area contributed by atoms with Gasteiger partial charge < -0.3 is 4.42 Å². The standard InChI is InChI=1S/C27H21NO/c1-16-11-12-17-18-13-14-21-24(19-8-4-5-9-20(19)27(21,2)3)26(18)29-25(17)23(16)22-10-6-7-15-28-22/h4-15H,1-3H3. The molecule has 6 rings (SSSR count). The first-order chi connectivity index (χ1) is 14.1. The van der Waals surface area contributed by atoms with Crippen molar-refractivity contribution >= 4 is 21.9 Å². The molecule has 0 N–H and O–H groups in total. The second-order valence-electron chi connectivity index (χ2n) is 8.49. The van der Waals surface area contributed by atoms with Crippen LogP contribution in [0.4, 0.5) is 0 Å². The first kappa shape index (κ1) is 16.6. The lowest BCUT2D eigenvalue weighted by atomic mass is 9.82. The third-order valence-electron chi connectivity index (χ3n) is 6.48. The Bertz CT molecular complexity index is 1420. The molecule has 1 aliphatic rings. The number of hydrogen-bond donors (Lipinski definition) is 0. The molecule has 0 spiro atoms. The summed E-state index contributed by atoms with van der Waals surface area (Å²) < 4.78 is 6.67. The predicted molar refractivity (Wildman–Crippen MR) is 119 cm³/mol. The molecule has 140 valence electrons. The lowest BCUT2D eigenvalue weighted by Crippen LogP contribution is -2.14. The van der Waals surface area contributed by atoms with Gasteiger partial charge >= 0.3 is 0 Å². The second kappa shape index (κ2) is 5.57. The van der Waals surface area contributed by atoms with Crippen molar-refractivity contribution in [2.75, 3.05) is 0 Å². The summed E-state index contributed by atoms with van der Waals surface area (Å²) >= 11 is 0. The van der Waals surface area contributed by atoms with Crippen LogP contribution in [0.5, 0.6) is 0 Å². The summed E-state index contributed by atoms with van der Waals surface area (Å²) in [7, 11) is 0. The van der Waals surface area contributed by atoms with Gasteiger partial charge in [-0.1, -0.05) is 68.4 Å². The molecule has 0 bridgehead atoms. The zero-order valence-corrected chi connectivity index (χ0v) is 16.8. The van der Waals surface area contributed by atoms with E-state index in [1.54, 1.807) is 0 Å². The number of nitrogens with zero attached hydrogens (tertiary/aromatic N) is 1. The lowest BCUT2D eigenvalue weighted by molar-refractivity contribution is 0.653. The highest BCUT2D eigenvalue weighted by Gasteiger charge is 2.37. The maximum Gasteiger partial charge on any atom is 0.145 e. The molecule has 29 heavy (non-hydrogen) atoms. The van der Waals surface area contributed by atoms with Gasteiger partial charge in [-0.25, -0.2) is 0 Å². The van der Waals surface area contributed by atoms with Crippen LogP contribution < -0.4 is 0 Å². The number of rotatable bonds is 1. The number of aryl methyl sites for hydroxylation is 1. The van der Waals surface area contributed by atoms with E-state index in [0.717, 1.165) is 27.8 Å². The quantitative estimate of drug-likeness (QED) is 0.308. The molecule has 0 unspecified atom stereocenters. The summed E-state index contributed by atoms with van der Waals surface area (Å²) in [5, 5.41) is 2.32. The predicted octanol–water partition coefficient (Wildman–Crippen LogP) is 7.26. The maximum atomic E-state index is 6.67. The Kier molecular flexibility index (Phi) is 3.18. The van der Waals surface area contributed by atoms with Gasteiger partial charge in [-0.3, -0.25) is 4.98 Å². The average molecular weight is 375 g/mol. The summed E-state index contributed by atoms with van der Waals surface area (Å²) in [5.41, 5.74) is 10.3. The van der Waals surface area contributed by atoms with Crippen LogP contribution in [0.3, 0.4) is 0 Å². The van der Waals surface area contributed by atoms with E-state index in [9.17, 15) is 0 Å². The van der Waals surface area contributed by atoms with Crippen LogP contribution in [0.1, 0.15) is 30.5 Å². The number of fused-ring (bicyclic) bond motifs is 7. The number of hydrogen-bond acceptors (Lipinski definition) is 2. The van der Waals surface area contributed by atoms with E-state index < -0.39 is 0 Å². The molecule has 0 amide bonds. The smallest absolute Gasteiger partial charge is 0.145 e. The molecular weight excluding hydrogens is 354 g/mol. The molecule has 2 nitrogen and oxygen atoms in total. The monoisotopic (exact) mass is 375 g/mol. The molecule has 0 saturated heterocycles. The number of aromatic nitrogens is 1. The van der Waals surface area contributed by atoms with Crippen molar-refractivity contribution in [2.24, 2.45) is 0 Å². The highest BCUT2D eigenvalue weighted by atomic mass is 16.3. The highest BCUT2D eigenvalue weighted by Crippen LogP contribution is 2.52. The average Bonchev–Trinajstić information content (AvgIpc) is 3.22. The van der Waals surface area contributed by atoms with E-state index in [1.807, 2.05) is 18.3 Å². The van der Waals surface area contributed by atoms with Gasteiger partial charge in [0, 0.05) is 33.5 Å². The molecular formula is C27H21NO. The molecule has 0 atom stereocenters. The lowest BCUT2D eigenvalue weighted by Gasteiger charge is -2.21. The molecule has 1 aliphatic carbocycles. The highest BCUT2D eigenvalue weighted by molar-refractivity contribution is 6.14. The summed E-state index contributed by atoms with van der Waals surface area (Å²) in [6.45, 7) is 6.73. The van der Waals surface area contributed by atoms with Crippen LogP contribution in [0.2, 0.25) is 0 Å². The summed E-state index contributed by atoms with van der Waals surface area (Å²) in [6.07, 6.45) is 1.84. The molecule has 0 aliphatic heterocycles. The van der Waals surface area contributed by atoms with Gasteiger partial charge in [-0.2, -0.15) is 0 Å². The van der Waals surface area contributed by atoms with Crippen molar-refractivity contribution in [3.63, 3.8) is 0 Å². The normalized spacial score (nSPS) is 14.3. The maximum absolute atomic E-state index is 6.67. The van der Waals surface area contributed by atoms with Crippen molar-refractivity contribution in [1.29, 1.82) is 0 Å². The molecule has 2 heterocycles. The van der Waals surface area contributed by atoms with Crippen LogP contribution >= 0.6 is 0 Å². The van der Waals surface area contributed by atoms with Crippen LogP contribution in [-0.4, -0.2) is 4.98 Å². The minimum absolute atomic E-state index is 0.0289. The SMILES string of the molecule is Cc1ccc2c(oc3c4c(ccc32)C(C)(C)c2ccccc2-4)c1-c1ccccn1. The molecule has 0 fully saturated rings. The van der Waals surface area contributed by atoms with Gasteiger partial charge in [-0.15, -0.1) is 0 Å². The molecule has 5 aromatic rings. The Hall–Kier alpha value is -3.39. The summed E-state index contributed by atoms with van der Waals surface area (Å²) in [6, 6.07) is 23.6. The largest absolute Gasteiger partial charge is 0.455 e. The molecule has 0 saturated carbocycles. The summed E-state index contributed by atoms with van der Waals surface area (Å²) in [4.78, 5) is 4.60. The third kappa shape index (κ3) is 2.09. The fourth-order valence-corrected chi connectivity index (χ4v) is 5.01. The Balaban J connectivity index is 1.77. The van der Waals surface area contributed by atoms with Crippen molar-refractivity contribution in [3.05, 3.63) is 89.6 Å². The minimum atomic E-state index is -0.0289. The minimum Gasteiger partial charge on any atom is -0.455 e. The first-order valence-corrected chi connectivity index (χ1v) is 10.1. The fourth-order valence-electron chi connectivity index (χ4n) is 5.01. The molecule has 3 aromatic carbocycles. The second-order valence-corrected chi connectivity index (χ2v) is 8.49. The van der Waals surface area contributed by atoms with Crippen LogP contribution in [0.15, 0.2) is 77.3 Å². The molecule has 2 heteroatoms. The van der Waals surface area contributed by atoms with Crippen molar-refractivity contribution in [2.45, 2.75) is 26.2 Å². The number of pyridine rings is 1. The van der Waals surface area contributed by atoms with Gasteiger partial charge in [0.1, 0.15) is 11.2 Å². The number of benzene rings is 3. The Morgan fingerprint density at radius 3 is 2.24 bits per heavy atom. The zero-order chi connectivity index (χ0) is 19.8. The van der Waals surface area contributed by atoms with Gasteiger partial charge in [0.25, 0.3) is 0 Å². The van der Waals surface area contributed by atoms with Crippen molar-refractivity contribution in [1.82, 2.24) is 4.98 Å².